The molecule has 0 saturated heterocycles. The van der Waals surface area contributed by atoms with Crippen molar-refractivity contribution < 1.29 is 28.6 Å². The van der Waals surface area contributed by atoms with Gasteiger partial charge in [-0.05, 0) is 83.5 Å². The Morgan fingerprint density at radius 1 is 0.312 bits per heavy atom. The van der Waals surface area contributed by atoms with Crippen molar-refractivity contribution in [1.82, 2.24) is 0 Å². The fraction of sp³-hybridized carbons (Fsp3) is 0.776. The van der Waals surface area contributed by atoms with Crippen molar-refractivity contribution in [2.45, 2.75) is 277 Å². The van der Waals surface area contributed by atoms with Crippen molar-refractivity contribution in [2.24, 2.45) is 0 Å². The van der Waals surface area contributed by atoms with E-state index in [0.29, 0.717) is 19.3 Å². The van der Waals surface area contributed by atoms with Gasteiger partial charge in [-0.15, -0.1) is 0 Å². The number of allylic oxidation sites excluding steroid dienone is 10. The van der Waals surface area contributed by atoms with Gasteiger partial charge in [-0.25, -0.2) is 0 Å². The van der Waals surface area contributed by atoms with Gasteiger partial charge in [0.15, 0.2) is 6.10 Å². The van der Waals surface area contributed by atoms with Crippen LogP contribution in [0.1, 0.15) is 271 Å². The standard InChI is InChI=1S/C58H102O6/c1-4-7-10-13-16-19-22-25-27-29-31-33-36-39-42-45-48-51-57(60)63-54-55(53-62-56(59)50-47-44-41-38-35-32-24-21-18-15-12-9-6-3)64-58(61)52-49-46-43-40-37-34-30-28-26-23-20-17-14-11-8-5-2/h16,19,21,24-25,27,31,33,39,42,55H,4-15,17-18,20,22-23,26,28-30,32,34-38,40-41,43-54H2,1-3H3/b19-16+,24-21+,27-25+,33-31+,42-39+/t55-/m1/s1. The summed E-state index contributed by atoms with van der Waals surface area (Å²) in [4.78, 5) is 38.0. The summed E-state index contributed by atoms with van der Waals surface area (Å²) in [7, 11) is 0. The Bertz CT molecular complexity index is 1170. The Balaban J connectivity index is 4.45. The Morgan fingerprint density at radius 3 is 1.00 bits per heavy atom. The molecule has 0 bridgehead atoms. The lowest BCUT2D eigenvalue weighted by atomic mass is 10.0. The normalized spacial score (nSPS) is 12.5. The molecular formula is C58H102O6. The van der Waals surface area contributed by atoms with Crippen LogP contribution in [0.3, 0.4) is 0 Å². The molecule has 0 heterocycles. The van der Waals surface area contributed by atoms with E-state index < -0.39 is 6.10 Å². The molecule has 0 saturated carbocycles. The van der Waals surface area contributed by atoms with Crippen LogP contribution >= 0.6 is 0 Å². The summed E-state index contributed by atoms with van der Waals surface area (Å²) in [6.07, 6.45) is 64.9. The minimum absolute atomic E-state index is 0.0934. The van der Waals surface area contributed by atoms with E-state index in [4.69, 9.17) is 14.2 Å². The van der Waals surface area contributed by atoms with E-state index in [-0.39, 0.29) is 37.5 Å². The molecule has 0 fully saturated rings. The molecule has 370 valence electrons. The number of carbonyl (C=O) groups is 3. The third-order valence-corrected chi connectivity index (χ3v) is 11.7. The van der Waals surface area contributed by atoms with E-state index in [1.165, 1.54) is 154 Å². The highest BCUT2D eigenvalue weighted by Crippen LogP contribution is 2.15. The van der Waals surface area contributed by atoms with Gasteiger partial charge in [0.2, 0.25) is 0 Å². The van der Waals surface area contributed by atoms with Gasteiger partial charge >= 0.3 is 17.9 Å². The third-order valence-electron chi connectivity index (χ3n) is 11.7. The molecule has 0 unspecified atom stereocenters. The molecule has 6 heteroatoms. The van der Waals surface area contributed by atoms with E-state index in [1.807, 2.05) is 0 Å². The van der Waals surface area contributed by atoms with Crippen LogP contribution in [0.5, 0.6) is 0 Å². The number of unbranched alkanes of at least 4 members (excludes halogenated alkanes) is 28. The van der Waals surface area contributed by atoms with Gasteiger partial charge in [-0.1, -0.05) is 229 Å². The largest absolute Gasteiger partial charge is 0.462 e. The molecule has 6 nitrogen and oxygen atoms in total. The first-order valence-electron chi connectivity index (χ1n) is 27.3. The Hall–Kier alpha value is -2.89. The summed E-state index contributed by atoms with van der Waals surface area (Å²) in [6, 6.07) is 0. The summed E-state index contributed by atoms with van der Waals surface area (Å²) in [5, 5.41) is 0. The monoisotopic (exact) mass is 895 g/mol. The topological polar surface area (TPSA) is 78.9 Å². The summed E-state index contributed by atoms with van der Waals surface area (Å²) in [5.74, 6) is -0.951. The molecule has 0 aromatic rings. The van der Waals surface area contributed by atoms with Crippen LogP contribution in [0.25, 0.3) is 0 Å². The molecule has 0 radical (unpaired) electrons. The molecule has 0 aromatic heterocycles. The maximum absolute atomic E-state index is 12.8. The second-order valence-corrected chi connectivity index (χ2v) is 18.1. The first-order chi connectivity index (χ1) is 31.5. The number of hydrogen-bond acceptors (Lipinski definition) is 6. The van der Waals surface area contributed by atoms with Crippen LogP contribution in [-0.4, -0.2) is 37.2 Å². The summed E-state index contributed by atoms with van der Waals surface area (Å²) in [6.45, 7) is 6.56. The zero-order chi connectivity index (χ0) is 46.5. The lowest BCUT2D eigenvalue weighted by Gasteiger charge is -2.18. The van der Waals surface area contributed by atoms with Gasteiger partial charge in [-0.2, -0.15) is 0 Å². The van der Waals surface area contributed by atoms with Crippen LogP contribution in [-0.2, 0) is 28.6 Å². The van der Waals surface area contributed by atoms with Gasteiger partial charge in [0, 0.05) is 19.3 Å². The average Bonchev–Trinajstić information content (AvgIpc) is 3.29. The highest BCUT2D eigenvalue weighted by molar-refractivity contribution is 5.71. The zero-order valence-electron chi connectivity index (χ0n) is 42.3. The molecule has 0 aromatic carbocycles. The predicted octanol–water partition coefficient (Wildman–Crippen LogP) is 18.0. The van der Waals surface area contributed by atoms with Gasteiger partial charge in [0.05, 0.1) is 0 Å². The van der Waals surface area contributed by atoms with E-state index in [9.17, 15) is 14.4 Å². The van der Waals surface area contributed by atoms with Crippen molar-refractivity contribution in [1.29, 1.82) is 0 Å². The van der Waals surface area contributed by atoms with E-state index in [2.05, 4.69) is 81.5 Å². The molecule has 0 N–H and O–H groups in total. The van der Waals surface area contributed by atoms with Gasteiger partial charge in [0.25, 0.3) is 0 Å². The van der Waals surface area contributed by atoms with E-state index in [0.717, 1.165) is 70.6 Å². The fourth-order valence-electron chi connectivity index (χ4n) is 7.61. The van der Waals surface area contributed by atoms with Gasteiger partial charge < -0.3 is 14.2 Å². The zero-order valence-corrected chi connectivity index (χ0v) is 42.3. The van der Waals surface area contributed by atoms with E-state index in [1.54, 1.807) is 0 Å². The number of hydrogen-bond donors (Lipinski definition) is 0. The molecule has 0 aliphatic heterocycles. The number of ether oxygens (including phenoxy) is 3. The quantitative estimate of drug-likeness (QED) is 0.0262. The van der Waals surface area contributed by atoms with Crippen molar-refractivity contribution >= 4 is 17.9 Å². The Labute approximate surface area is 396 Å². The molecule has 0 aliphatic rings. The average molecular weight is 895 g/mol. The second kappa shape index (κ2) is 52.7. The Morgan fingerprint density at radius 2 is 0.578 bits per heavy atom. The SMILES string of the molecule is CCCCC/C=C/C/C=C/C/C=C/C/C=C/CCCC(=O)OC[C@@H](COC(=O)CCCCCCC/C=C/CCCCCC)OC(=O)CCCCCCCCCCCCCCCCCC. The lowest BCUT2D eigenvalue weighted by molar-refractivity contribution is -0.167. The first-order valence-corrected chi connectivity index (χ1v) is 27.3. The molecule has 1 atom stereocenters. The van der Waals surface area contributed by atoms with Gasteiger partial charge in [-0.3, -0.25) is 14.4 Å². The number of carbonyl (C=O) groups excluding carboxylic acids is 3. The minimum Gasteiger partial charge on any atom is -0.462 e. The smallest absolute Gasteiger partial charge is 0.306 e. The fourth-order valence-corrected chi connectivity index (χ4v) is 7.61. The maximum Gasteiger partial charge on any atom is 0.306 e. The highest BCUT2D eigenvalue weighted by Gasteiger charge is 2.19. The van der Waals surface area contributed by atoms with Crippen LogP contribution in [0.2, 0.25) is 0 Å². The van der Waals surface area contributed by atoms with Crippen LogP contribution in [0.15, 0.2) is 60.8 Å². The highest BCUT2D eigenvalue weighted by atomic mass is 16.6. The minimum atomic E-state index is -0.797. The van der Waals surface area contributed by atoms with Crippen molar-refractivity contribution in [3.05, 3.63) is 60.8 Å². The first kappa shape index (κ1) is 61.1. The summed E-state index contributed by atoms with van der Waals surface area (Å²) in [5.41, 5.74) is 0. The molecule has 64 heavy (non-hydrogen) atoms. The summed E-state index contributed by atoms with van der Waals surface area (Å²) < 4.78 is 16.8. The molecule has 0 rings (SSSR count). The third kappa shape index (κ3) is 50.1. The molecule has 0 spiro atoms. The predicted molar refractivity (Wildman–Crippen MR) is 275 cm³/mol. The summed E-state index contributed by atoms with van der Waals surface area (Å²) >= 11 is 0. The van der Waals surface area contributed by atoms with Crippen LogP contribution < -0.4 is 0 Å². The number of esters is 3. The van der Waals surface area contributed by atoms with Crippen LogP contribution in [0, 0.1) is 0 Å². The van der Waals surface area contributed by atoms with Crippen molar-refractivity contribution in [2.75, 3.05) is 13.2 Å². The molecule has 0 aliphatic carbocycles. The van der Waals surface area contributed by atoms with E-state index >= 15 is 0 Å². The van der Waals surface area contributed by atoms with Crippen molar-refractivity contribution in [3.8, 4) is 0 Å². The van der Waals surface area contributed by atoms with Gasteiger partial charge in [0.1, 0.15) is 13.2 Å². The lowest BCUT2D eigenvalue weighted by Crippen LogP contribution is -2.30. The number of rotatable bonds is 49. The van der Waals surface area contributed by atoms with Crippen molar-refractivity contribution in [3.63, 3.8) is 0 Å². The Kier molecular flexibility index (Phi) is 50.4. The molecular weight excluding hydrogens is 793 g/mol. The maximum atomic E-state index is 12.8. The molecule has 0 amide bonds. The second-order valence-electron chi connectivity index (χ2n) is 18.1. The van der Waals surface area contributed by atoms with Crippen LogP contribution in [0.4, 0.5) is 0 Å².